The number of piperidine rings is 1. The van der Waals surface area contributed by atoms with E-state index in [9.17, 15) is 24.0 Å². The molecule has 0 bridgehead atoms. The minimum atomic E-state index is -0.793. The number of piperazine rings is 1. The number of hydrogen-bond donors (Lipinski definition) is 3. The SMILES string of the molecule is C=CC(=O)N1CCN(c2ncnc3c(F)c(-c4c(F)cccc4OCCCCCCCNC(=O)NCc4scc5c4CN(C4CCC(=O)NC4=O)C5=O)c(Cl)cc23)CC1. The number of ether oxygens (including phenoxy) is 1. The molecule has 2 saturated heterocycles. The highest BCUT2D eigenvalue weighted by atomic mass is 35.5. The van der Waals surface area contributed by atoms with Crippen LogP contribution < -0.4 is 25.6 Å². The van der Waals surface area contributed by atoms with Gasteiger partial charge in [-0.2, -0.15) is 0 Å². The number of carbonyl (C=O) groups excluding carboxylic acids is 5. The van der Waals surface area contributed by atoms with E-state index in [1.807, 2.05) is 4.90 Å². The molecule has 59 heavy (non-hydrogen) atoms. The Morgan fingerprint density at radius 1 is 1.03 bits per heavy atom. The number of carbonyl (C=O) groups is 5. The molecule has 3 N–H and O–H groups in total. The molecule has 310 valence electrons. The molecule has 3 aliphatic heterocycles. The summed E-state index contributed by atoms with van der Waals surface area (Å²) in [4.78, 5) is 75.9. The summed E-state index contributed by atoms with van der Waals surface area (Å²) in [6.07, 6.45) is 6.95. The first kappa shape index (κ1) is 41.5. The molecule has 3 aliphatic rings. The van der Waals surface area contributed by atoms with Gasteiger partial charge in [0.1, 0.15) is 35.3 Å². The second-order valence-corrected chi connectivity index (χ2v) is 15.8. The van der Waals surface area contributed by atoms with Crippen LogP contribution >= 0.6 is 22.9 Å². The third-order valence-electron chi connectivity index (χ3n) is 10.8. The number of fused-ring (bicyclic) bond motifs is 2. The second-order valence-electron chi connectivity index (χ2n) is 14.4. The summed E-state index contributed by atoms with van der Waals surface area (Å²) in [6.45, 7) is 6.59. The van der Waals surface area contributed by atoms with Crippen LogP contribution in [0.2, 0.25) is 5.02 Å². The highest BCUT2D eigenvalue weighted by Gasteiger charge is 2.40. The van der Waals surface area contributed by atoms with E-state index in [0.29, 0.717) is 55.9 Å². The van der Waals surface area contributed by atoms with Crippen molar-refractivity contribution >= 4 is 69.3 Å². The fourth-order valence-corrected chi connectivity index (χ4v) is 8.91. The number of thiophene rings is 1. The average Bonchev–Trinajstić information content (AvgIpc) is 3.78. The predicted molar refractivity (Wildman–Crippen MR) is 218 cm³/mol. The van der Waals surface area contributed by atoms with Crippen molar-refractivity contribution in [3.8, 4) is 16.9 Å². The summed E-state index contributed by atoms with van der Waals surface area (Å²) >= 11 is 8.07. The van der Waals surface area contributed by atoms with Gasteiger partial charge in [-0.1, -0.05) is 43.5 Å². The van der Waals surface area contributed by atoms with Crippen LogP contribution in [0.5, 0.6) is 5.75 Å². The van der Waals surface area contributed by atoms with Crippen molar-refractivity contribution in [2.24, 2.45) is 0 Å². The van der Waals surface area contributed by atoms with Gasteiger partial charge in [-0.15, -0.1) is 11.3 Å². The molecule has 0 spiro atoms. The molecule has 18 heteroatoms. The molecule has 7 rings (SSSR count). The third kappa shape index (κ3) is 9.00. The van der Waals surface area contributed by atoms with E-state index in [1.54, 1.807) is 22.4 Å². The minimum Gasteiger partial charge on any atom is -0.493 e. The monoisotopic (exact) mass is 848 g/mol. The second kappa shape index (κ2) is 18.5. The number of aromatic nitrogens is 2. The van der Waals surface area contributed by atoms with Crippen LogP contribution in [0.3, 0.4) is 0 Å². The summed E-state index contributed by atoms with van der Waals surface area (Å²) in [7, 11) is 0. The average molecular weight is 849 g/mol. The summed E-state index contributed by atoms with van der Waals surface area (Å²) in [5.41, 5.74) is 1.06. The predicted octanol–water partition coefficient (Wildman–Crippen LogP) is 5.71. The van der Waals surface area contributed by atoms with E-state index in [-0.39, 0.29) is 83.7 Å². The van der Waals surface area contributed by atoms with Gasteiger partial charge < -0.3 is 30.1 Å². The van der Waals surface area contributed by atoms with Gasteiger partial charge in [-0.3, -0.25) is 24.5 Å². The number of unbranched alkanes of at least 4 members (excludes halogenated alkanes) is 4. The van der Waals surface area contributed by atoms with Crippen LogP contribution in [0.1, 0.15) is 65.7 Å². The number of halogens is 3. The molecule has 1 atom stereocenters. The first-order valence-corrected chi connectivity index (χ1v) is 20.8. The van der Waals surface area contributed by atoms with Crippen molar-refractivity contribution < 1.29 is 37.5 Å². The molecule has 14 nitrogen and oxygen atoms in total. The Morgan fingerprint density at radius 3 is 2.59 bits per heavy atom. The maximum atomic E-state index is 16.3. The van der Waals surface area contributed by atoms with Crippen LogP contribution in [0.4, 0.5) is 19.4 Å². The van der Waals surface area contributed by atoms with Crippen LogP contribution in [0.15, 0.2) is 48.6 Å². The quantitative estimate of drug-likeness (QED) is 0.0772. The molecule has 5 heterocycles. The zero-order valence-corrected chi connectivity index (χ0v) is 33.7. The Labute approximate surface area is 347 Å². The van der Waals surface area contributed by atoms with E-state index in [0.717, 1.165) is 36.1 Å². The lowest BCUT2D eigenvalue weighted by molar-refractivity contribution is -0.137. The number of amides is 6. The van der Waals surface area contributed by atoms with E-state index >= 15 is 8.78 Å². The van der Waals surface area contributed by atoms with Crippen LogP contribution in [0, 0.1) is 11.6 Å². The van der Waals surface area contributed by atoms with E-state index in [1.165, 1.54) is 40.8 Å². The number of benzene rings is 2. The maximum absolute atomic E-state index is 16.3. The van der Waals surface area contributed by atoms with Gasteiger partial charge in [0.2, 0.25) is 17.7 Å². The molecule has 2 fully saturated rings. The Kier molecular flexibility index (Phi) is 13.0. The number of imide groups is 1. The highest BCUT2D eigenvalue weighted by Crippen LogP contribution is 2.43. The minimum absolute atomic E-state index is 0.0105. The molecule has 2 aromatic heterocycles. The molecular formula is C41H43ClF2N8O6S. The van der Waals surface area contributed by atoms with Crippen molar-refractivity contribution in [2.75, 3.05) is 44.2 Å². The highest BCUT2D eigenvalue weighted by molar-refractivity contribution is 7.10. The Balaban J connectivity index is 0.846. The zero-order chi connectivity index (χ0) is 41.6. The summed E-state index contributed by atoms with van der Waals surface area (Å²) < 4.78 is 37.7. The Hall–Kier alpha value is -5.68. The molecule has 4 aromatic rings. The molecule has 0 radical (unpaired) electrons. The number of urea groups is 1. The van der Waals surface area contributed by atoms with Crippen LogP contribution in [-0.4, -0.2) is 94.8 Å². The Bertz CT molecular complexity index is 2300. The molecule has 0 aliphatic carbocycles. The first-order valence-electron chi connectivity index (χ1n) is 19.5. The number of nitrogens with zero attached hydrogens (tertiary/aromatic N) is 5. The van der Waals surface area contributed by atoms with Gasteiger partial charge >= 0.3 is 6.03 Å². The third-order valence-corrected chi connectivity index (χ3v) is 12.1. The normalized spacial score (nSPS) is 16.6. The van der Waals surface area contributed by atoms with Gasteiger partial charge in [-0.25, -0.2) is 23.5 Å². The van der Waals surface area contributed by atoms with E-state index < -0.39 is 23.6 Å². The first-order chi connectivity index (χ1) is 28.5. The summed E-state index contributed by atoms with van der Waals surface area (Å²) in [5, 5.41) is 10.1. The smallest absolute Gasteiger partial charge is 0.315 e. The molecule has 6 amide bonds. The fourth-order valence-electron chi connectivity index (χ4n) is 7.65. The van der Waals surface area contributed by atoms with Gasteiger partial charge in [0, 0.05) is 66.9 Å². The van der Waals surface area contributed by atoms with Crippen molar-refractivity contribution in [3.05, 3.63) is 81.3 Å². The number of nitrogens with one attached hydrogen (secondary N) is 3. The van der Waals surface area contributed by atoms with Crippen LogP contribution in [-0.2, 0) is 27.5 Å². The molecular weight excluding hydrogens is 806 g/mol. The van der Waals surface area contributed by atoms with Crippen molar-refractivity contribution in [3.63, 3.8) is 0 Å². The summed E-state index contributed by atoms with van der Waals surface area (Å²) in [5.74, 6) is -2.07. The van der Waals surface area contributed by atoms with Gasteiger partial charge in [-0.05, 0) is 49.1 Å². The molecule has 0 saturated carbocycles. The van der Waals surface area contributed by atoms with Gasteiger partial charge in [0.15, 0.2) is 5.82 Å². The summed E-state index contributed by atoms with van der Waals surface area (Å²) in [6, 6.07) is 4.81. The lowest BCUT2D eigenvalue weighted by Gasteiger charge is -2.35. The standard InChI is InChI=1S/C41H43ClF2N8O6S/c1-2-33(54)50-14-16-51(17-15-50)38-24-19-27(42)34(36(44)37(24)47-23-48-38)35-28(43)9-8-10-30(35)58-18-7-5-3-4-6-13-45-41(57)46-20-31-25-21-52(40(56)26(25)22-59-31)29-11-12-32(53)49-39(29)55/h2,8-10,19,22-23,29H,1,3-7,11-18,20-21H2,(H2,45,46,57)(H,49,53,55). The number of anilines is 1. The molecule has 1 unspecified atom stereocenters. The number of rotatable bonds is 15. The van der Waals surface area contributed by atoms with Gasteiger partial charge in [0.25, 0.3) is 5.91 Å². The van der Waals surface area contributed by atoms with E-state index in [4.69, 9.17) is 16.3 Å². The lowest BCUT2D eigenvalue weighted by atomic mass is 10.0. The zero-order valence-electron chi connectivity index (χ0n) is 32.2. The largest absolute Gasteiger partial charge is 0.493 e. The maximum Gasteiger partial charge on any atom is 0.315 e. The van der Waals surface area contributed by atoms with E-state index in [2.05, 4.69) is 32.5 Å². The topological polar surface area (TPSA) is 166 Å². The molecule has 2 aromatic carbocycles. The lowest BCUT2D eigenvalue weighted by Crippen LogP contribution is -2.52. The van der Waals surface area contributed by atoms with Crippen molar-refractivity contribution in [1.29, 1.82) is 0 Å². The van der Waals surface area contributed by atoms with Gasteiger partial charge in [0.05, 0.1) is 29.3 Å². The van der Waals surface area contributed by atoms with Crippen molar-refractivity contribution in [1.82, 2.24) is 35.7 Å². The van der Waals surface area contributed by atoms with Crippen LogP contribution in [0.25, 0.3) is 22.0 Å². The Morgan fingerprint density at radius 2 is 1.81 bits per heavy atom. The van der Waals surface area contributed by atoms with Crippen molar-refractivity contribution in [2.45, 2.75) is 64.1 Å². The fraction of sp³-hybridized carbons (Fsp3) is 0.390. The number of hydrogen-bond acceptors (Lipinski definition) is 10.